The Hall–Kier alpha value is -2.39. The average Bonchev–Trinajstić information content (AvgIpc) is 3.08. The Kier molecular flexibility index (Phi) is 6.46. The number of carbonyl (C=O) groups is 2. The van der Waals surface area contributed by atoms with Gasteiger partial charge in [-0.05, 0) is 31.3 Å². The third kappa shape index (κ3) is 5.80. The number of benzene rings is 1. The van der Waals surface area contributed by atoms with Crippen LogP contribution < -0.4 is 10.1 Å². The van der Waals surface area contributed by atoms with Crippen LogP contribution in [-0.4, -0.2) is 71.2 Å². The topological polar surface area (TPSA) is 79.7 Å². The summed E-state index contributed by atoms with van der Waals surface area (Å²) in [6.45, 7) is 3.26. The van der Waals surface area contributed by atoms with Gasteiger partial charge in [0.1, 0.15) is 12.3 Å². The van der Waals surface area contributed by atoms with Crippen molar-refractivity contribution in [2.24, 2.45) is 0 Å². The Morgan fingerprint density at radius 1 is 1.15 bits per heavy atom. The molecule has 9 heteroatoms. The number of nitrogens with one attached hydrogen (secondary N) is 1. The molecule has 2 amide bonds. The van der Waals surface area contributed by atoms with E-state index in [0.29, 0.717) is 11.6 Å². The lowest BCUT2D eigenvalue weighted by molar-refractivity contribution is -0.133. The molecule has 0 saturated carbocycles. The highest BCUT2D eigenvalue weighted by atomic mass is 79.9. The number of hydrogen-bond donors (Lipinski definition) is 1. The summed E-state index contributed by atoms with van der Waals surface area (Å²) in [5.74, 6) is 0.721. The quantitative estimate of drug-likeness (QED) is 0.742. The summed E-state index contributed by atoms with van der Waals surface area (Å²) in [6.07, 6.45) is 1.68. The van der Waals surface area contributed by atoms with Crippen LogP contribution in [0.25, 0.3) is 0 Å². The third-order valence-electron chi connectivity index (χ3n) is 4.24. The van der Waals surface area contributed by atoms with E-state index >= 15 is 0 Å². The molecule has 0 aliphatic carbocycles. The average molecular weight is 436 g/mol. The Morgan fingerprint density at radius 3 is 2.56 bits per heavy atom. The molecule has 1 aromatic heterocycles. The van der Waals surface area contributed by atoms with Gasteiger partial charge in [-0.3, -0.25) is 14.3 Å². The smallest absolute Gasteiger partial charge is 0.263 e. The standard InChI is InChI=1S/C18H22BrN5O3/c1-22-8-10-23(11-9-22)18(26)12-24-7-6-16(21-24)20-17(25)13-27-15-4-2-14(19)3-5-15/h2-7H,8-13H2,1H3,(H,20,21,25). The van der Waals surface area contributed by atoms with Crippen molar-refractivity contribution in [2.45, 2.75) is 6.54 Å². The van der Waals surface area contributed by atoms with E-state index in [1.165, 1.54) is 4.68 Å². The van der Waals surface area contributed by atoms with Crippen molar-refractivity contribution >= 4 is 33.6 Å². The largest absolute Gasteiger partial charge is 0.484 e. The van der Waals surface area contributed by atoms with Crippen LogP contribution in [0, 0.1) is 0 Å². The predicted molar refractivity (Wildman–Crippen MR) is 105 cm³/mol. The van der Waals surface area contributed by atoms with Gasteiger partial charge in [-0.15, -0.1) is 0 Å². The molecule has 27 heavy (non-hydrogen) atoms. The zero-order chi connectivity index (χ0) is 19.2. The van der Waals surface area contributed by atoms with Gasteiger partial charge in [-0.2, -0.15) is 5.10 Å². The van der Waals surface area contributed by atoms with E-state index in [1.807, 2.05) is 24.1 Å². The second-order valence-corrected chi connectivity index (χ2v) is 7.29. The van der Waals surface area contributed by atoms with Crippen molar-refractivity contribution in [1.82, 2.24) is 19.6 Å². The van der Waals surface area contributed by atoms with E-state index in [9.17, 15) is 9.59 Å². The molecule has 1 N–H and O–H groups in total. The third-order valence-corrected chi connectivity index (χ3v) is 4.77. The maximum atomic E-state index is 12.3. The first-order valence-corrected chi connectivity index (χ1v) is 9.47. The number of rotatable bonds is 6. The molecule has 0 unspecified atom stereocenters. The van der Waals surface area contributed by atoms with E-state index in [4.69, 9.17) is 4.74 Å². The fourth-order valence-corrected chi connectivity index (χ4v) is 2.93. The summed E-state index contributed by atoms with van der Waals surface area (Å²) in [5.41, 5.74) is 0. The van der Waals surface area contributed by atoms with E-state index in [0.717, 1.165) is 30.7 Å². The van der Waals surface area contributed by atoms with Crippen molar-refractivity contribution in [3.05, 3.63) is 41.0 Å². The Labute approximate surface area is 166 Å². The van der Waals surface area contributed by atoms with Gasteiger partial charge in [-0.1, -0.05) is 15.9 Å². The summed E-state index contributed by atoms with van der Waals surface area (Å²) >= 11 is 3.34. The van der Waals surface area contributed by atoms with Crippen LogP contribution in [-0.2, 0) is 16.1 Å². The van der Waals surface area contributed by atoms with Gasteiger partial charge in [0, 0.05) is 42.9 Å². The number of aromatic nitrogens is 2. The molecule has 0 spiro atoms. The molecule has 1 saturated heterocycles. The number of piperazine rings is 1. The van der Waals surface area contributed by atoms with E-state index in [1.54, 1.807) is 24.4 Å². The zero-order valence-electron chi connectivity index (χ0n) is 15.1. The lowest BCUT2D eigenvalue weighted by Gasteiger charge is -2.32. The maximum Gasteiger partial charge on any atom is 0.263 e. The van der Waals surface area contributed by atoms with Crippen molar-refractivity contribution < 1.29 is 14.3 Å². The summed E-state index contributed by atoms with van der Waals surface area (Å²) < 4.78 is 7.90. The molecule has 0 radical (unpaired) electrons. The van der Waals surface area contributed by atoms with E-state index < -0.39 is 0 Å². The van der Waals surface area contributed by atoms with Gasteiger partial charge in [-0.25, -0.2) is 0 Å². The van der Waals surface area contributed by atoms with Crippen LogP contribution in [0.1, 0.15) is 0 Å². The summed E-state index contributed by atoms with van der Waals surface area (Å²) in [6, 6.07) is 8.89. The van der Waals surface area contributed by atoms with Crippen LogP contribution in [0.5, 0.6) is 5.75 Å². The van der Waals surface area contributed by atoms with Gasteiger partial charge in [0.2, 0.25) is 5.91 Å². The summed E-state index contributed by atoms with van der Waals surface area (Å²) in [5, 5.41) is 6.90. The number of ether oxygens (including phenoxy) is 1. The number of amides is 2. The SMILES string of the molecule is CN1CCN(C(=O)Cn2ccc(NC(=O)COc3ccc(Br)cc3)n2)CC1. The number of halogens is 1. The molecule has 1 fully saturated rings. The van der Waals surface area contributed by atoms with Gasteiger partial charge in [0.15, 0.2) is 12.4 Å². The Bertz CT molecular complexity index is 785. The first kappa shape index (κ1) is 19.4. The fourth-order valence-electron chi connectivity index (χ4n) is 2.67. The van der Waals surface area contributed by atoms with Crippen LogP contribution in [0.15, 0.2) is 41.0 Å². The predicted octanol–water partition coefficient (Wildman–Crippen LogP) is 1.44. The lowest BCUT2D eigenvalue weighted by atomic mass is 10.3. The van der Waals surface area contributed by atoms with Crippen molar-refractivity contribution in [1.29, 1.82) is 0 Å². The number of carbonyl (C=O) groups excluding carboxylic acids is 2. The zero-order valence-corrected chi connectivity index (χ0v) is 16.7. The fraction of sp³-hybridized carbons (Fsp3) is 0.389. The minimum atomic E-state index is -0.312. The van der Waals surface area contributed by atoms with Gasteiger partial charge < -0.3 is 19.9 Å². The first-order chi connectivity index (χ1) is 13.0. The summed E-state index contributed by atoms with van der Waals surface area (Å²) in [7, 11) is 2.05. The Balaban J connectivity index is 1.45. The minimum absolute atomic E-state index is 0.0302. The van der Waals surface area contributed by atoms with Crippen LogP contribution in [0.4, 0.5) is 5.82 Å². The van der Waals surface area contributed by atoms with Gasteiger partial charge in [0.05, 0.1) is 0 Å². The molecule has 8 nitrogen and oxygen atoms in total. The molecule has 0 atom stereocenters. The maximum absolute atomic E-state index is 12.3. The number of nitrogens with zero attached hydrogens (tertiary/aromatic N) is 4. The van der Waals surface area contributed by atoms with E-state index in [-0.39, 0.29) is 25.0 Å². The summed E-state index contributed by atoms with van der Waals surface area (Å²) in [4.78, 5) is 28.3. The minimum Gasteiger partial charge on any atom is -0.484 e. The number of hydrogen-bond acceptors (Lipinski definition) is 5. The van der Waals surface area contributed by atoms with Crippen LogP contribution in [0.2, 0.25) is 0 Å². The molecule has 3 rings (SSSR count). The molecule has 1 aromatic carbocycles. The molecule has 2 heterocycles. The second-order valence-electron chi connectivity index (χ2n) is 6.37. The van der Waals surface area contributed by atoms with Gasteiger partial charge >= 0.3 is 0 Å². The molecule has 1 aliphatic heterocycles. The van der Waals surface area contributed by atoms with Crippen LogP contribution in [0.3, 0.4) is 0 Å². The highest BCUT2D eigenvalue weighted by molar-refractivity contribution is 9.10. The number of likely N-dealkylation sites (N-methyl/N-ethyl adjacent to an activating group) is 1. The Morgan fingerprint density at radius 2 is 1.85 bits per heavy atom. The molecule has 2 aromatic rings. The van der Waals surface area contributed by atoms with E-state index in [2.05, 4.69) is 31.2 Å². The van der Waals surface area contributed by atoms with Gasteiger partial charge in [0.25, 0.3) is 5.91 Å². The monoisotopic (exact) mass is 435 g/mol. The van der Waals surface area contributed by atoms with Crippen molar-refractivity contribution in [2.75, 3.05) is 45.2 Å². The second kappa shape index (κ2) is 9.01. The highest BCUT2D eigenvalue weighted by Crippen LogP contribution is 2.16. The molecular formula is C18H22BrN5O3. The first-order valence-electron chi connectivity index (χ1n) is 8.67. The molecule has 1 aliphatic rings. The highest BCUT2D eigenvalue weighted by Gasteiger charge is 2.19. The molecule has 144 valence electrons. The van der Waals surface area contributed by atoms with Crippen molar-refractivity contribution in [3.8, 4) is 5.75 Å². The number of anilines is 1. The lowest BCUT2D eigenvalue weighted by Crippen LogP contribution is -2.48. The molecule has 0 bridgehead atoms. The van der Waals surface area contributed by atoms with Crippen molar-refractivity contribution in [3.63, 3.8) is 0 Å². The molecular weight excluding hydrogens is 414 g/mol. The van der Waals surface area contributed by atoms with Crippen LogP contribution >= 0.6 is 15.9 Å². The normalized spacial score (nSPS) is 14.8.